The van der Waals surface area contributed by atoms with Crippen LogP contribution in [-0.2, 0) is 9.53 Å². The van der Waals surface area contributed by atoms with Gasteiger partial charge in [-0.3, -0.25) is 4.98 Å². The number of hydrogen-bond donors (Lipinski definition) is 2. The minimum absolute atomic E-state index is 0.261. The van der Waals surface area contributed by atoms with E-state index in [1.54, 1.807) is 12.1 Å². The molecule has 0 bridgehead atoms. The molecule has 0 amide bonds. The van der Waals surface area contributed by atoms with E-state index in [-0.39, 0.29) is 11.5 Å². The lowest BCUT2D eigenvalue weighted by molar-refractivity contribution is -0.192. The van der Waals surface area contributed by atoms with E-state index in [2.05, 4.69) is 29.2 Å². The van der Waals surface area contributed by atoms with Crippen LogP contribution in [0.2, 0.25) is 0 Å². The summed E-state index contributed by atoms with van der Waals surface area (Å²) in [5.74, 6) is -3.05. The summed E-state index contributed by atoms with van der Waals surface area (Å²) in [5, 5.41) is 22.4. The number of anilines is 1. The van der Waals surface area contributed by atoms with Gasteiger partial charge in [0, 0.05) is 41.6 Å². The summed E-state index contributed by atoms with van der Waals surface area (Å²) in [5.41, 5.74) is 7.15. The number of para-hydroxylation sites is 1. The van der Waals surface area contributed by atoms with E-state index < -0.39 is 18.1 Å². The van der Waals surface area contributed by atoms with Gasteiger partial charge in [-0.2, -0.15) is 18.3 Å². The molecule has 1 aliphatic carbocycles. The summed E-state index contributed by atoms with van der Waals surface area (Å²) in [7, 11) is 0. The lowest BCUT2D eigenvalue weighted by atomic mass is 9.71. The van der Waals surface area contributed by atoms with E-state index >= 15 is 0 Å². The van der Waals surface area contributed by atoms with Gasteiger partial charge in [-0.1, -0.05) is 36.4 Å². The zero-order chi connectivity index (χ0) is 31.7. The fourth-order valence-corrected chi connectivity index (χ4v) is 5.72. The van der Waals surface area contributed by atoms with Gasteiger partial charge in [-0.25, -0.2) is 19.1 Å². The SMILES string of the molecule is O=C(O)C(F)(F)F.O=C(O)c1ccc(-c2c(C3CC(c4ccc5ccccc5n4)C3)nc3c(N4CCOCC4)ccnn23)cc1. The molecule has 4 heterocycles. The molecule has 0 atom stereocenters. The van der Waals surface area contributed by atoms with Crippen molar-refractivity contribution in [1.29, 1.82) is 0 Å². The number of halogens is 3. The monoisotopic (exact) mass is 619 g/mol. The highest BCUT2D eigenvalue weighted by Crippen LogP contribution is 2.49. The van der Waals surface area contributed by atoms with Crippen LogP contribution in [0, 0.1) is 0 Å². The summed E-state index contributed by atoms with van der Waals surface area (Å²) >= 11 is 0. The van der Waals surface area contributed by atoms with Gasteiger partial charge in [-0.05, 0) is 43.2 Å². The molecule has 45 heavy (non-hydrogen) atoms. The number of pyridine rings is 1. The van der Waals surface area contributed by atoms with Crippen LogP contribution in [0.25, 0.3) is 27.8 Å². The number of carbonyl (C=O) groups is 2. The van der Waals surface area contributed by atoms with Gasteiger partial charge in [0.2, 0.25) is 0 Å². The number of imidazole rings is 1. The van der Waals surface area contributed by atoms with Crippen LogP contribution in [0.3, 0.4) is 0 Å². The molecule has 1 saturated carbocycles. The fraction of sp³-hybridized carbons (Fsp3) is 0.281. The highest BCUT2D eigenvalue weighted by atomic mass is 19.4. The van der Waals surface area contributed by atoms with Gasteiger partial charge < -0.3 is 19.8 Å². The van der Waals surface area contributed by atoms with Crippen LogP contribution in [0.5, 0.6) is 0 Å². The number of ether oxygens (including phenoxy) is 1. The Balaban J connectivity index is 0.000000460. The summed E-state index contributed by atoms with van der Waals surface area (Å²) < 4.78 is 39.2. The van der Waals surface area contributed by atoms with Crippen molar-refractivity contribution in [2.45, 2.75) is 30.9 Å². The normalized spacial score (nSPS) is 18.2. The number of aromatic nitrogens is 4. The molecule has 3 aromatic heterocycles. The predicted molar refractivity (Wildman–Crippen MR) is 159 cm³/mol. The van der Waals surface area contributed by atoms with Crippen molar-refractivity contribution < 1.29 is 37.7 Å². The number of alkyl halides is 3. The highest BCUT2D eigenvalue weighted by molar-refractivity contribution is 5.88. The molecule has 0 radical (unpaired) electrons. The molecular formula is C32H28F3N5O5. The first-order valence-electron chi connectivity index (χ1n) is 14.3. The number of nitrogens with zero attached hydrogens (tertiary/aromatic N) is 5. The minimum Gasteiger partial charge on any atom is -0.478 e. The Hall–Kier alpha value is -5.04. The number of benzene rings is 2. The van der Waals surface area contributed by atoms with E-state index in [4.69, 9.17) is 29.7 Å². The first-order valence-corrected chi connectivity index (χ1v) is 14.3. The molecule has 2 fully saturated rings. The average molecular weight is 620 g/mol. The van der Waals surface area contributed by atoms with E-state index in [0.717, 1.165) is 70.8 Å². The van der Waals surface area contributed by atoms with Gasteiger partial charge in [0.1, 0.15) is 0 Å². The van der Waals surface area contributed by atoms with Crippen molar-refractivity contribution >= 4 is 34.2 Å². The maximum Gasteiger partial charge on any atom is 0.490 e. The Bertz CT molecular complexity index is 1860. The van der Waals surface area contributed by atoms with Gasteiger partial charge in [0.15, 0.2) is 5.65 Å². The van der Waals surface area contributed by atoms with E-state index in [0.29, 0.717) is 19.1 Å². The Morgan fingerprint density at radius 3 is 2.22 bits per heavy atom. The summed E-state index contributed by atoms with van der Waals surface area (Å²) in [4.78, 5) is 32.8. The predicted octanol–water partition coefficient (Wildman–Crippen LogP) is 5.77. The molecule has 0 spiro atoms. The summed E-state index contributed by atoms with van der Waals surface area (Å²) in [6.07, 6.45) is -1.34. The minimum atomic E-state index is -5.08. The van der Waals surface area contributed by atoms with Crippen molar-refractivity contribution in [1.82, 2.24) is 19.6 Å². The largest absolute Gasteiger partial charge is 0.490 e. The quantitative estimate of drug-likeness (QED) is 0.252. The molecule has 2 aromatic carbocycles. The van der Waals surface area contributed by atoms with Crippen LogP contribution in [0.15, 0.2) is 72.9 Å². The number of aliphatic carboxylic acids is 1. The zero-order valence-corrected chi connectivity index (χ0v) is 23.8. The average Bonchev–Trinajstić information content (AvgIpc) is 3.39. The van der Waals surface area contributed by atoms with Crippen molar-refractivity contribution in [3.05, 3.63) is 89.9 Å². The molecule has 10 nitrogen and oxygen atoms in total. The second-order valence-corrected chi connectivity index (χ2v) is 10.9. The number of rotatable bonds is 5. The van der Waals surface area contributed by atoms with Crippen LogP contribution in [0.1, 0.15) is 46.4 Å². The number of carboxylic acids is 2. The second-order valence-electron chi connectivity index (χ2n) is 10.9. The van der Waals surface area contributed by atoms with Gasteiger partial charge in [0.25, 0.3) is 0 Å². The maximum atomic E-state index is 11.5. The summed E-state index contributed by atoms with van der Waals surface area (Å²) in [6.45, 7) is 3.00. The molecule has 232 valence electrons. The Kier molecular flexibility index (Phi) is 8.11. The lowest BCUT2D eigenvalue weighted by Gasteiger charge is -2.34. The Morgan fingerprint density at radius 1 is 0.867 bits per heavy atom. The molecule has 1 saturated heterocycles. The standard InChI is InChI=1S/C30H27N5O3.C2HF3O2/c36-30(37)21-7-5-20(6-8-21)28-27(33-29-26(11-12-31-35(28)29)34-13-15-38-16-14-34)23-17-22(18-23)25-10-9-19-3-1-2-4-24(19)32-25;3-2(4,5)1(6)7/h1-12,22-23H,13-18H2,(H,36,37);(H,6,7). The molecular weight excluding hydrogens is 591 g/mol. The first-order chi connectivity index (χ1) is 21.6. The molecule has 2 aliphatic rings. The third-order valence-corrected chi connectivity index (χ3v) is 8.09. The number of hydrogen-bond acceptors (Lipinski definition) is 7. The van der Waals surface area contributed by atoms with Crippen molar-refractivity contribution in [3.8, 4) is 11.3 Å². The number of carboxylic acid groups (broad SMARTS) is 2. The van der Waals surface area contributed by atoms with E-state index in [1.165, 1.54) is 0 Å². The van der Waals surface area contributed by atoms with Crippen LogP contribution < -0.4 is 4.90 Å². The summed E-state index contributed by atoms with van der Waals surface area (Å²) in [6, 6.07) is 21.6. The fourth-order valence-electron chi connectivity index (χ4n) is 5.72. The topological polar surface area (TPSA) is 130 Å². The number of fused-ring (bicyclic) bond motifs is 2. The Morgan fingerprint density at radius 2 is 1.56 bits per heavy atom. The number of morpholine rings is 1. The van der Waals surface area contributed by atoms with Gasteiger partial charge >= 0.3 is 18.1 Å². The smallest absolute Gasteiger partial charge is 0.478 e. The van der Waals surface area contributed by atoms with Crippen molar-refractivity contribution in [2.24, 2.45) is 0 Å². The molecule has 1 aliphatic heterocycles. The number of aromatic carboxylic acids is 1. The third-order valence-electron chi connectivity index (χ3n) is 8.09. The first kappa shape index (κ1) is 30.0. The molecule has 7 rings (SSSR count). The second kappa shape index (κ2) is 12.2. The van der Waals surface area contributed by atoms with Crippen LogP contribution >= 0.6 is 0 Å². The van der Waals surface area contributed by atoms with Crippen LogP contribution in [-0.4, -0.2) is 74.2 Å². The zero-order valence-electron chi connectivity index (χ0n) is 23.8. The maximum absolute atomic E-state index is 11.5. The molecule has 5 aromatic rings. The molecule has 2 N–H and O–H groups in total. The van der Waals surface area contributed by atoms with Crippen molar-refractivity contribution in [2.75, 3.05) is 31.2 Å². The molecule has 13 heteroatoms. The molecule has 0 unspecified atom stereocenters. The Labute approximate surface area is 254 Å². The van der Waals surface area contributed by atoms with Crippen LogP contribution in [0.4, 0.5) is 18.9 Å². The third kappa shape index (κ3) is 6.16. The highest BCUT2D eigenvalue weighted by Gasteiger charge is 2.38. The lowest BCUT2D eigenvalue weighted by Crippen LogP contribution is -2.36. The van der Waals surface area contributed by atoms with E-state index in [9.17, 15) is 23.1 Å². The van der Waals surface area contributed by atoms with E-state index in [1.807, 2.05) is 41.0 Å². The van der Waals surface area contributed by atoms with Gasteiger partial charge in [-0.15, -0.1) is 0 Å². The van der Waals surface area contributed by atoms with Gasteiger partial charge in [0.05, 0.1) is 47.6 Å². The van der Waals surface area contributed by atoms with Crippen molar-refractivity contribution in [3.63, 3.8) is 0 Å².